The van der Waals surface area contributed by atoms with Crippen LogP contribution in [0.1, 0.15) is 75.5 Å². The van der Waals surface area contributed by atoms with Gasteiger partial charge in [-0.3, -0.25) is 4.79 Å². The van der Waals surface area contributed by atoms with Crippen molar-refractivity contribution in [1.82, 2.24) is 10.2 Å². The molecule has 2 heterocycles. The molecule has 2 atom stereocenters. The molecule has 1 aromatic carbocycles. The van der Waals surface area contributed by atoms with Gasteiger partial charge < -0.3 is 20.2 Å². The fourth-order valence-electron chi connectivity index (χ4n) is 4.16. The standard InChI is InChI=1S/C23H36N2O4/c1-2-3-4-5-6-9-22(26)24-20(17-25-13-7-8-14-25)23(27)19-11-10-18-12-15-28-29-21(18)16-19/h10-11,16,20,23,27H,2-9,12-15,17H2,1H3,(H,24,26)/t20-,23-/m1/s1. The van der Waals surface area contributed by atoms with E-state index in [0.29, 0.717) is 25.3 Å². The van der Waals surface area contributed by atoms with Crippen molar-refractivity contribution in [3.63, 3.8) is 0 Å². The van der Waals surface area contributed by atoms with Crippen LogP contribution in [0, 0.1) is 0 Å². The highest BCUT2D eigenvalue weighted by Crippen LogP contribution is 2.29. The van der Waals surface area contributed by atoms with Crippen LogP contribution in [0.3, 0.4) is 0 Å². The second kappa shape index (κ2) is 11.5. The summed E-state index contributed by atoms with van der Waals surface area (Å²) in [5.74, 6) is 0.692. The number of hydrogen-bond acceptors (Lipinski definition) is 5. The molecule has 0 bridgehead atoms. The van der Waals surface area contributed by atoms with E-state index in [1.165, 1.54) is 32.1 Å². The van der Waals surface area contributed by atoms with E-state index >= 15 is 0 Å². The van der Waals surface area contributed by atoms with E-state index in [4.69, 9.17) is 9.78 Å². The number of nitrogens with zero attached hydrogens (tertiary/aromatic N) is 1. The first-order valence-electron chi connectivity index (χ1n) is 11.3. The van der Waals surface area contributed by atoms with Crippen molar-refractivity contribution in [2.45, 2.75) is 76.9 Å². The molecule has 0 aliphatic carbocycles. The Morgan fingerprint density at radius 3 is 2.79 bits per heavy atom. The monoisotopic (exact) mass is 404 g/mol. The number of aliphatic hydroxyl groups excluding tert-OH is 1. The summed E-state index contributed by atoms with van der Waals surface area (Å²) in [5, 5.41) is 14.2. The molecule has 0 spiro atoms. The molecule has 1 amide bonds. The van der Waals surface area contributed by atoms with E-state index in [0.717, 1.165) is 43.5 Å². The molecule has 0 aromatic heterocycles. The quantitative estimate of drug-likeness (QED) is 0.436. The van der Waals surface area contributed by atoms with Gasteiger partial charge in [-0.15, -0.1) is 0 Å². The zero-order chi connectivity index (χ0) is 20.5. The maximum atomic E-state index is 12.5. The van der Waals surface area contributed by atoms with Crippen molar-refractivity contribution in [3.05, 3.63) is 29.3 Å². The topological polar surface area (TPSA) is 71.0 Å². The van der Waals surface area contributed by atoms with Gasteiger partial charge in [0.05, 0.1) is 12.6 Å². The minimum absolute atomic E-state index is 0.0299. The number of carbonyl (C=O) groups is 1. The van der Waals surface area contributed by atoms with E-state index in [-0.39, 0.29) is 11.9 Å². The number of hydrogen-bond donors (Lipinski definition) is 2. The molecule has 0 radical (unpaired) electrons. The van der Waals surface area contributed by atoms with Gasteiger partial charge in [-0.1, -0.05) is 44.7 Å². The Hall–Kier alpha value is -1.63. The van der Waals surface area contributed by atoms with Gasteiger partial charge in [-0.25, -0.2) is 0 Å². The summed E-state index contributed by atoms with van der Waals surface area (Å²) in [6.45, 7) is 5.45. The van der Waals surface area contributed by atoms with E-state index in [9.17, 15) is 9.90 Å². The second-order valence-electron chi connectivity index (χ2n) is 8.31. The van der Waals surface area contributed by atoms with Crippen LogP contribution in [0.25, 0.3) is 0 Å². The van der Waals surface area contributed by atoms with E-state index in [1.807, 2.05) is 18.2 Å². The molecule has 6 heteroatoms. The Labute approximate surface area is 174 Å². The zero-order valence-electron chi connectivity index (χ0n) is 17.7. The third-order valence-electron chi connectivity index (χ3n) is 5.92. The molecule has 1 saturated heterocycles. The summed E-state index contributed by atoms with van der Waals surface area (Å²) < 4.78 is 0. The van der Waals surface area contributed by atoms with Crippen molar-refractivity contribution in [3.8, 4) is 5.75 Å². The van der Waals surface area contributed by atoms with Crippen LogP contribution < -0.4 is 10.2 Å². The fourth-order valence-corrected chi connectivity index (χ4v) is 4.16. The Morgan fingerprint density at radius 2 is 2.00 bits per heavy atom. The Balaban J connectivity index is 1.61. The largest absolute Gasteiger partial charge is 0.386 e. The third kappa shape index (κ3) is 6.69. The maximum absolute atomic E-state index is 12.5. The maximum Gasteiger partial charge on any atom is 0.220 e. The van der Waals surface area contributed by atoms with Crippen molar-refractivity contribution in [2.24, 2.45) is 0 Å². The van der Waals surface area contributed by atoms with Crippen LogP contribution >= 0.6 is 0 Å². The van der Waals surface area contributed by atoms with E-state index < -0.39 is 6.10 Å². The van der Waals surface area contributed by atoms with Crippen LogP contribution in [-0.2, 0) is 16.1 Å². The first-order valence-corrected chi connectivity index (χ1v) is 11.3. The van der Waals surface area contributed by atoms with Crippen LogP contribution in [0.2, 0.25) is 0 Å². The fraction of sp³-hybridized carbons (Fsp3) is 0.696. The highest BCUT2D eigenvalue weighted by atomic mass is 17.2. The number of unbranched alkanes of at least 4 members (excludes halogenated alkanes) is 4. The van der Waals surface area contributed by atoms with Crippen molar-refractivity contribution < 1.29 is 19.7 Å². The lowest BCUT2D eigenvalue weighted by Crippen LogP contribution is -2.46. The number of nitrogens with one attached hydrogen (secondary N) is 1. The molecule has 162 valence electrons. The molecule has 29 heavy (non-hydrogen) atoms. The summed E-state index contributed by atoms with van der Waals surface area (Å²) in [6, 6.07) is 5.43. The molecular weight excluding hydrogens is 368 g/mol. The number of amides is 1. The molecule has 2 aliphatic heterocycles. The van der Waals surface area contributed by atoms with Crippen LogP contribution in [-0.4, -0.2) is 48.2 Å². The number of rotatable bonds is 11. The van der Waals surface area contributed by atoms with Gasteiger partial charge in [0.1, 0.15) is 6.10 Å². The molecule has 6 nitrogen and oxygen atoms in total. The van der Waals surface area contributed by atoms with Gasteiger partial charge in [0.15, 0.2) is 5.75 Å². The van der Waals surface area contributed by atoms with Gasteiger partial charge in [0.25, 0.3) is 0 Å². The highest BCUT2D eigenvalue weighted by molar-refractivity contribution is 5.76. The highest BCUT2D eigenvalue weighted by Gasteiger charge is 2.27. The average molecular weight is 405 g/mol. The molecule has 2 N–H and O–H groups in total. The minimum atomic E-state index is -0.782. The number of likely N-dealkylation sites (tertiary alicyclic amines) is 1. The Kier molecular flexibility index (Phi) is 8.77. The van der Waals surface area contributed by atoms with Crippen molar-refractivity contribution in [1.29, 1.82) is 0 Å². The number of aliphatic hydroxyl groups is 1. The predicted octanol–water partition coefficient (Wildman–Crippen LogP) is 3.53. The predicted molar refractivity (Wildman–Crippen MR) is 113 cm³/mol. The van der Waals surface area contributed by atoms with Gasteiger partial charge in [-0.2, -0.15) is 4.89 Å². The lowest BCUT2D eigenvalue weighted by molar-refractivity contribution is -0.215. The normalized spacial score (nSPS) is 18.7. The molecule has 3 rings (SSSR count). The summed E-state index contributed by atoms with van der Waals surface area (Å²) in [4.78, 5) is 25.2. The van der Waals surface area contributed by atoms with E-state index in [2.05, 4.69) is 17.1 Å². The number of carbonyl (C=O) groups excluding carboxylic acids is 1. The Morgan fingerprint density at radius 1 is 1.21 bits per heavy atom. The first-order chi connectivity index (χ1) is 14.2. The number of fused-ring (bicyclic) bond motifs is 1. The van der Waals surface area contributed by atoms with Gasteiger partial charge in [0, 0.05) is 24.9 Å². The molecule has 0 saturated carbocycles. The molecule has 0 unspecified atom stereocenters. The second-order valence-corrected chi connectivity index (χ2v) is 8.31. The summed E-state index contributed by atoms with van der Waals surface area (Å²) >= 11 is 0. The molecule has 2 aliphatic rings. The smallest absolute Gasteiger partial charge is 0.220 e. The van der Waals surface area contributed by atoms with Crippen LogP contribution in [0.15, 0.2) is 18.2 Å². The summed E-state index contributed by atoms with van der Waals surface area (Å²) in [6.07, 6.45) is 8.50. The summed E-state index contributed by atoms with van der Waals surface area (Å²) in [7, 11) is 0. The molecule has 1 aromatic rings. The van der Waals surface area contributed by atoms with Gasteiger partial charge >= 0.3 is 0 Å². The zero-order valence-corrected chi connectivity index (χ0v) is 17.7. The van der Waals surface area contributed by atoms with Gasteiger partial charge in [-0.05, 0) is 44.0 Å². The first kappa shape index (κ1) is 22.1. The molecule has 1 fully saturated rings. The van der Waals surface area contributed by atoms with Crippen LogP contribution in [0.5, 0.6) is 5.75 Å². The lowest BCUT2D eigenvalue weighted by atomic mass is 9.98. The SMILES string of the molecule is CCCCCCCC(=O)N[C@H](CN1CCCC1)[C@H](O)c1ccc2c(c1)OOCC2. The average Bonchev–Trinajstić information content (AvgIpc) is 3.25. The number of benzene rings is 1. The Bertz CT molecular complexity index is 646. The van der Waals surface area contributed by atoms with Crippen LogP contribution in [0.4, 0.5) is 0 Å². The third-order valence-corrected chi connectivity index (χ3v) is 5.92. The van der Waals surface area contributed by atoms with Gasteiger partial charge in [0.2, 0.25) is 5.91 Å². The lowest BCUT2D eigenvalue weighted by Gasteiger charge is -2.29. The van der Waals surface area contributed by atoms with Crippen molar-refractivity contribution in [2.75, 3.05) is 26.2 Å². The van der Waals surface area contributed by atoms with E-state index in [1.54, 1.807) is 0 Å². The molecular formula is C23H36N2O4. The minimum Gasteiger partial charge on any atom is -0.386 e. The summed E-state index contributed by atoms with van der Waals surface area (Å²) in [5.41, 5.74) is 1.83. The van der Waals surface area contributed by atoms with Crippen molar-refractivity contribution >= 4 is 5.91 Å².